The Bertz CT molecular complexity index is 722. The van der Waals surface area contributed by atoms with Crippen molar-refractivity contribution in [3.8, 4) is 0 Å². The van der Waals surface area contributed by atoms with E-state index in [0.717, 1.165) is 0 Å². The van der Waals surface area contributed by atoms with Gasteiger partial charge in [0.2, 0.25) is 5.91 Å². The summed E-state index contributed by atoms with van der Waals surface area (Å²) in [5.74, 6) is -1.63. The van der Waals surface area contributed by atoms with E-state index in [0.29, 0.717) is 10.6 Å². The van der Waals surface area contributed by atoms with Crippen molar-refractivity contribution in [3.63, 3.8) is 0 Å². The number of nitrogens with one attached hydrogen (secondary N) is 1. The second-order valence-electron chi connectivity index (χ2n) is 4.18. The quantitative estimate of drug-likeness (QED) is 0.850. The van der Waals surface area contributed by atoms with E-state index in [1.807, 2.05) is 0 Å². The van der Waals surface area contributed by atoms with Crippen LogP contribution in [0.3, 0.4) is 0 Å². The van der Waals surface area contributed by atoms with Crippen LogP contribution < -0.4 is 5.32 Å². The number of anilines is 1. The van der Waals surface area contributed by atoms with Crippen LogP contribution in [0.5, 0.6) is 0 Å². The molecule has 108 valence electrons. The molecule has 7 heteroatoms. The van der Waals surface area contributed by atoms with E-state index in [1.54, 1.807) is 30.3 Å². The summed E-state index contributed by atoms with van der Waals surface area (Å²) in [4.78, 5) is 22.9. The number of carboxylic acids is 1. The van der Waals surface area contributed by atoms with Crippen molar-refractivity contribution in [1.29, 1.82) is 0 Å². The molecule has 1 amide bonds. The number of carbonyl (C=O) groups excluding carboxylic acids is 1. The molecule has 0 unspecified atom stereocenters. The van der Waals surface area contributed by atoms with Gasteiger partial charge in [0, 0.05) is 18.1 Å². The molecule has 1 aromatic carbocycles. The van der Waals surface area contributed by atoms with Gasteiger partial charge in [-0.3, -0.25) is 9.48 Å². The Kier molecular flexibility index (Phi) is 4.39. The van der Waals surface area contributed by atoms with Crippen LogP contribution in [-0.2, 0) is 11.8 Å². The lowest BCUT2D eigenvalue weighted by Gasteiger charge is -2.02. The minimum atomic E-state index is -1.17. The van der Waals surface area contributed by atoms with Gasteiger partial charge in [-0.2, -0.15) is 5.10 Å². The molecule has 0 radical (unpaired) electrons. The number of hydrogen-bond donors (Lipinski definition) is 2. The maximum atomic E-state index is 11.8. The normalized spacial score (nSPS) is 10.8. The molecule has 0 aliphatic rings. The lowest BCUT2D eigenvalue weighted by Crippen LogP contribution is -2.13. The number of rotatable bonds is 4. The molecule has 0 atom stereocenters. The fourth-order valence-electron chi connectivity index (χ4n) is 1.73. The summed E-state index contributed by atoms with van der Waals surface area (Å²) in [7, 11) is 1.48. The summed E-state index contributed by atoms with van der Waals surface area (Å²) >= 11 is 5.96. The molecule has 0 saturated carbocycles. The first kappa shape index (κ1) is 14.8. The Hall–Kier alpha value is -2.60. The van der Waals surface area contributed by atoms with Gasteiger partial charge in [-0.1, -0.05) is 29.8 Å². The number of amides is 1. The van der Waals surface area contributed by atoms with Crippen LogP contribution in [0.4, 0.5) is 5.69 Å². The van der Waals surface area contributed by atoms with Crippen LogP contribution in [-0.4, -0.2) is 26.8 Å². The number of carbonyl (C=O) groups is 2. The maximum absolute atomic E-state index is 11.8. The second-order valence-corrected chi connectivity index (χ2v) is 4.59. The first-order valence-corrected chi connectivity index (χ1v) is 6.35. The van der Waals surface area contributed by atoms with Gasteiger partial charge in [0.05, 0.1) is 11.9 Å². The van der Waals surface area contributed by atoms with E-state index in [-0.39, 0.29) is 11.4 Å². The van der Waals surface area contributed by atoms with Crippen molar-refractivity contribution >= 4 is 35.2 Å². The van der Waals surface area contributed by atoms with Crippen LogP contribution in [0, 0.1) is 0 Å². The molecule has 21 heavy (non-hydrogen) atoms. The van der Waals surface area contributed by atoms with Crippen LogP contribution >= 0.6 is 11.6 Å². The van der Waals surface area contributed by atoms with Gasteiger partial charge in [-0.25, -0.2) is 4.79 Å². The monoisotopic (exact) mass is 305 g/mol. The summed E-state index contributed by atoms with van der Waals surface area (Å²) in [5, 5.41) is 15.8. The molecule has 2 rings (SSSR count). The highest BCUT2D eigenvalue weighted by molar-refractivity contribution is 6.32. The van der Waals surface area contributed by atoms with Crippen LogP contribution in [0.25, 0.3) is 6.08 Å². The molecular weight excluding hydrogens is 294 g/mol. The molecule has 0 bridgehead atoms. The third kappa shape index (κ3) is 3.49. The van der Waals surface area contributed by atoms with Crippen LogP contribution in [0.15, 0.2) is 36.5 Å². The van der Waals surface area contributed by atoms with E-state index in [9.17, 15) is 9.59 Å². The number of aromatic nitrogens is 2. The number of nitrogens with zero attached hydrogens (tertiary/aromatic N) is 2. The third-order valence-electron chi connectivity index (χ3n) is 2.72. The first-order valence-electron chi connectivity index (χ1n) is 5.98. The number of halogens is 1. The van der Waals surface area contributed by atoms with Crippen molar-refractivity contribution < 1.29 is 14.7 Å². The number of carboxylic acid groups (broad SMARTS) is 1. The largest absolute Gasteiger partial charge is 0.476 e. The summed E-state index contributed by atoms with van der Waals surface area (Å²) in [6, 6.07) is 7.06. The molecule has 0 spiro atoms. The lowest BCUT2D eigenvalue weighted by atomic mass is 10.2. The third-order valence-corrected chi connectivity index (χ3v) is 3.06. The molecule has 0 aliphatic carbocycles. The Morgan fingerprint density at radius 1 is 1.38 bits per heavy atom. The molecule has 2 N–H and O–H groups in total. The van der Waals surface area contributed by atoms with E-state index in [2.05, 4.69) is 10.4 Å². The summed E-state index contributed by atoms with van der Waals surface area (Å²) in [6.45, 7) is 0. The van der Waals surface area contributed by atoms with Crippen molar-refractivity contribution in [2.24, 2.45) is 7.05 Å². The highest BCUT2D eigenvalue weighted by atomic mass is 35.5. The van der Waals surface area contributed by atoms with E-state index < -0.39 is 11.9 Å². The molecule has 0 fully saturated rings. The summed E-state index contributed by atoms with van der Waals surface area (Å²) in [6.07, 6.45) is 4.11. The number of aromatic carboxylic acids is 1. The van der Waals surface area contributed by atoms with Crippen molar-refractivity contribution in [2.45, 2.75) is 0 Å². The van der Waals surface area contributed by atoms with E-state index >= 15 is 0 Å². The Labute approximate surface area is 125 Å². The van der Waals surface area contributed by atoms with Gasteiger partial charge < -0.3 is 10.4 Å². The average Bonchev–Trinajstić information content (AvgIpc) is 2.79. The number of aryl methyl sites for hydroxylation is 1. The standard InChI is InChI=1S/C14H12ClN3O3/c1-18-13(14(20)21)11(8-16-18)17-12(19)7-6-9-4-2-3-5-10(9)15/h2-8H,1H3,(H,17,19)(H,20,21)/b7-6+. The topological polar surface area (TPSA) is 84.2 Å². The van der Waals surface area contributed by atoms with Gasteiger partial charge in [0.15, 0.2) is 5.69 Å². The maximum Gasteiger partial charge on any atom is 0.356 e. The van der Waals surface area contributed by atoms with Crippen molar-refractivity contribution in [3.05, 3.63) is 52.8 Å². The van der Waals surface area contributed by atoms with Crippen molar-refractivity contribution in [1.82, 2.24) is 9.78 Å². The SMILES string of the molecule is Cn1ncc(NC(=O)/C=C/c2ccccc2Cl)c1C(=O)O. The average molecular weight is 306 g/mol. The predicted molar refractivity (Wildman–Crippen MR) is 79.3 cm³/mol. The zero-order valence-corrected chi connectivity index (χ0v) is 11.8. The molecular formula is C14H12ClN3O3. The van der Waals surface area contributed by atoms with Gasteiger partial charge in [-0.15, -0.1) is 0 Å². The molecule has 6 nitrogen and oxygen atoms in total. The smallest absolute Gasteiger partial charge is 0.356 e. The highest BCUT2D eigenvalue weighted by Crippen LogP contribution is 2.17. The molecule has 0 aliphatic heterocycles. The molecule has 1 heterocycles. The van der Waals surface area contributed by atoms with Crippen LogP contribution in [0.1, 0.15) is 16.1 Å². The predicted octanol–water partition coefficient (Wildman–Crippen LogP) is 2.42. The first-order chi connectivity index (χ1) is 9.99. The minimum absolute atomic E-state index is 0.0884. The van der Waals surface area contributed by atoms with Gasteiger partial charge in [-0.05, 0) is 17.7 Å². The van der Waals surface area contributed by atoms with Gasteiger partial charge >= 0.3 is 5.97 Å². The van der Waals surface area contributed by atoms with Gasteiger partial charge in [0.1, 0.15) is 0 Å². The van der Waals surface area contributed by atoms with Crippen molar-refractivity contribution in [2.75, 3.05) is 5.32 Å². The van der Waals surface area contributed by atoms with E-state index in [1.165, 1.54) is 24.0 Å². The summed E-state index contributed by atoms with van der Waals surface area (Å²) < 4.78 is 1.18. The van der Waals surface area contributed by atoms with Crippen LogP contribution in [0.2, 0.25) is 5.02 Å². The highest BCUT2D eigenvalue weighted by Gasteiger charge is 2.16. The molecule has 1 aromatic heterocycles. The Morgan fingerprint density at radius 2 is 2.10 bits per heavy atom. The minimum Gasteiger partial charge on any atom is -0.476 e. The van der Waals surface area contributed by atoms with Gasteiger partial charge in [0.25, 0.3) is 0 Å². The molecule has 2 aromatic rings. The fraction of sp³-hybridized carbons (Fsp3) is 0.0714. The second kappa shape index (κ2) is 6.23. The number of benzene rings is 1. The zero-order chi connectivity index (χ0) is 15.4. The lowest BCUT2D eigenvalue weighted by molar-refractivity contribution is -0.111. The molecule has 0 saturated heterocycles. The number of hydrogen-bond acceptors (Lipinski definition) is 3. The Balaban J connectivity index is 2.13. The zero-order valence-electron chi connectivity index (χ0n) is 11.1. The van der Waals surface area contributed by atoms with E-state index in [4.69, 9.17) is 16.7 Å². The summed E-state index contributed by atoms with van der Waals surface area (Å²) in [5.41, 5.74) is 0.743. The fourth-order valence-corrected chi connectivity index (χ4v) is 1.93. The Morgan fingerprint density at radius 3 is 2.76 bits per heavy atom.